The Labute approximate surface area is 295 Å². The van der Waals surface area contributed by atoms with Crippen molar-refractivity contribution in [3.63, 3.8) is 0 Å². The average Bonchev–Trinajstić information content (AvgIpc) is 2.82. The molecule has 0 saturated heterocycles. The van der Waals surface area contributed by atoms with Crippen LogP contribution in [-0.4, -0.2) is 38.8 Å². The second-order valence-electron chi connectivity index (χ2n) is 8.02. The van der Waals surface area contributed by atoms with E-state index in [0.29, 0.717) is 41.3 Å². The van der Waals surface area contributed by atoms with Crippen molar-refractivity contribution in [3.8, 4) is 0 Å². The van der Waals surface area contributed by atoms with E-state index in [1.165, 1.54) is 11.1 Å². The van der Waals surface area contributed by atoms with Crippen LogP contribution in [0.3, 0.4) is 0 Å². The first-order valence-corrected chi connectivity index (χ1v) is 36.4. The van der Waals surface area contributed by atoms with Crippen LogP contribution in [0.5, 0.6) is 0 Å². The topological polar surface area (TPSA) is 52.6 Å². The van der Waals surface area contributed by atoms with Gasteiger partial charge in [-0.15, -0.1) is 11.8 Å². The number of benzene rings is 2. The number of hydrogen-bond donors (Lipinski definition) is 0. The Morgan fingerprint density at radius 1 is 0.919 bits per heavy atom. The Morgan fingerprint density at radius 3 is 1.62 bits per heavy atom. The van der Waals surface area contributed by atoms with Gasteiger partial charge in [0.15, 0.2) is 0 Å². The number of hydrogen-bond acceptors (Lipinski definition) is 5. The molecule has 37 heavy (non-hydrogen) atoms. The third-order valence-corrected chi connectivity index (χ3v) is 9.20. The first kappa shape index (κ1) is 38.4. The SMILES string of the molecule is CSC1(S(C)=O)CC(OCc2ccccc2)C1.O=C1CC(OCc2ccccc2)C1.[I][V]([I])[I].[I][V][I]. The van der Waals surface area contributed by atoms with Crippen LogP contribution in [0.15, 0.2) is 60.7 Å². The summed E-state index contributed by atoms with van der Waals surface area (Å²) in [6, 6.07) is 20.2. The molecule has 4 rings (SSSR count). The second kappa shape index (κ2) is 22.8. The molecule has 0 N–H and O–H groups in total. The van der Waals surface area contributed by atoms with Gasteiger partial charge in [0.2, 0.25) is 0 Å². The first-order valence-electron chi connectivity index (χ1n) is 11.1. The standard InChI is InChI=1S/C13H18O2S2.C11H12O2.5HI.2V/c1-16-13(17(2)14)8-12(9-13)15-10-11-6-4-3-5-7-11;12-10-6-11(7-10)13-8-9-4-2-1-3-5-9;;;;;;;/h3-7,12H,8-10H2,1-2H3;1-5,11H,6-8H2;5*1H;;/q;;;;;;;+2;+3/p-5. The predicted molar refractivity (Wildman–Crippen MR) is 194 cm³/mol. The quantitative estimate of drug-likeness (QED) is 0.247. The van der Waals surface area contributed by atoms with E-state index in [-0.39, 0.29) is 21.2 Å². The van der Waals surface area contributed by atoms with E-state index in [4.69, 9.17) is 9.47 Å². The van der Waals surface area contributed by atoms with Gasteiger partial charge in [0, 0.05) is 42.7 Å². The summed E-state index contributed by atoms with van der Waals surface area (Å²) in [5.41, 5.74) is 2.37. The molecule has 2 saturated carbocycles. The van der Waals surface area contributed by atoms with E-state index >= 15 is 0 Å². The van der Waals surface area contributed by atoms with Crippen molar-refractivity contribution in [3.05, 3.63) is 71.8 Å². The Bertz CT molecular complexity index is 900. The van der Waals surface area contributed by atoms with Gasteiger partial charge in [-0.05, 0) is 17.4 Å². The maximum atomic E-state index is 11.6. The molecular weight excluding hydrogens is 1150 g/mol. The van der Waals surface area contributed by atoms with Gasteiger partial charge in [0.25, 0.3) is 0 Å². The summed E-state index contributed by atoms with van der Waals surface area (Å²) in [5, 5.41) is 0. The fourth-order valence-electron chi connectivity index (χ4n) is 3.41. The molecule has 4 nitrogen and oxygen atoms in total. The number of carbonyl (C=O) groups is 1. The molecule has 0 bridgehead atoms. The summed E-state index contributed by atoms with van der Waals surface area (Å²) in [7, 11) is -0.140. The predicted octanol–water partition coefficient (Wildman–Crippen LogP) is 9.16. The van der Waals surface area contributed by atoms with Crippen LogP contribution >= 0.6 is 112 Å². The molecule has 13 heteroatoms. The second-order valence-corrected chi connectivity index (χ2v) is 58.3. The fraction of sp³-hybridized carbons (Fsp3) is 0.458. The van der Waals surface area contributed by atoms with Crippen LogP contribution in [0.1, 0.15) is 36.8 Å². The summed E-state index contributed by atoms with van der Waals surface area (Å²) in [5.74, 6) is 0.318. The van der Waals surface area contributed by atoms with Crippen molar-refractivity contribution in [2.45, 2.75) is 55.2 Å². The van der Waals surface area contributed by atoms with E-state index in [1.54, 1.807) is 18.0 Å². The molecule has 2 aromatic rings. The maximum absolute atomic E-state index is 11.6. The monoisotopic (exact) mass is 1180 g/mol. The molecule has 2 aliphatic rings. The van der Waals surface area contributed by atoms with Crippen molar-refractivity contribution in [1.82, 2.24) is 0 Å². The fourth-order valence-corrected chi connectivity index (χ4v) is 5.90. The molecule has 1 unspecified atom stereocenters. The van der Waals surface area contributed by atoms with Crippen LogP contribution in [0.2, 0.25) is 0 Å². The van der Waals surface area contributed by atoms with Gasteiger partial charge in [-0.2, -0.15) is 0 Å². The molecule has 2 aliphatic carbocycles. The van der Waals surface area contributed by atoms with Crippen LogP contribution in [0, 0.1) is 0 Å². The van der Waals surface area contributed by atoms with Gasteiger partial charge < -0.3 is 9.47 Å². The molecule has 0 amide bonds. The Balaban J connectivity index is 0.000000302. The van der Waals surface area contributed by atoms with E-state index < -0.39 is 10.8 Å². The summed E-state index contributed by atoms with van der Waals surface area (Å²) >= 11 is 13.8. The minimum atomic E-state index is -0.768. The van der Waals surface area contributed by atoms with Gasteiger partial charge in [-0.3, -0.25) is 9.00 Å². The summed E-state index contributed by atoms with van der Waals surface area (Å²) in [6.07, 6.45) is 7.30. The molecule has 2 fully saturated rings. The van der Waals surface area contributed by atoms with Crippen LogP contribution in [0.25, 0.3) is 0 Å². The van der Waals surface area contributed by atoms with Gasteiger partial charge in [-0.25, -0.2) is 0 Å². The summed E-state index contributed by atoms with van der Waals surface area (Å²) in [6.45, 7) is 1.28. The van der Waals surface area contributed by atoms with Crippen LogP contribution < -0.4 is 0 Å². The Morgan fingerprint density at radius 2 is 1.30 bits per heavy atom. The number of halogens is 5. The third kappa shape index (κ3) is 17.3. The van der Waals surface area contributed by atoms with E-state index in [2.05, 4.69) is 112 Å². The van der Waals surface area contributed by atoms with Gasteiger partial charge in [0.05, 0.1) is 29.5 Å². The van der Waals surface area contributed by atoms with Crippen LogP contribution in [-0.2, 0) is 52.7 Å². The van der Waals surface area contributed by atoms with Gasteiger partial charge in [0.1, 0.15) is 5.78 Å². The Kier molecular flexibility index (Phi) is 23.7. The normalized spacial score (nSPS) is 21.0. The van der Waals surface area contributed by atoms with Crippen molar-refractivity contribution >= 4 is 128 Å². The van der Waals surface area contributed by atoms with E-state index in [9.17, 15) is 9.00 Å². The number of rotatable bonds is 8. The average molecular weight is 1180 g/mol. The molecule has 0 spiro atoms. The number of carbonyl (C=O) groups excluding carboxylic acids is 1. The summed E-state index contributed by atoms with van der Waals surface area (Å²) in [4.78, 5) is 10.4. The zero-order valence-electron chi connectivity index (χ0n) is 20.4. The number of Topliss-reactive ketones (excluding diaryl/α,β-unsaturated/α-hetero) is 1. The summed E-state index contributed by atoms with van der Waals surface area (Å²) < 4.78 is 22.9. The molecule has 0 radical (unpaired) electrons. The van der Waals surface area contributed by atoms with Gasteiger partial charge in [-0.1, -0.05) is 60.7 Å². The number of ketones is 1. The van der Waals surface area contributed by atoms with Crippen molar-refractivity contribution in [1.29, 1.82) is 0 Å². The molecule has 1 atom stereocenters. The van der Waals surface area contributed by atoms with E-state index in [0.717, 1.165) is 12.8 Å². The Hall–Kier alpha value is 3.35. The third-order valence-electron chi connectivity index (χ3n) is 5.54. The van der Waals surface area contributed by atoms with Crippen molar-refractivity contribution in [2.75, 3.05) is 12.5 Å². The molecule has 0 aliphatic heterocycles. The van der Waals surface area contributed by atoms with E-state index in [1.807, 2.05) is 54.8 Å². The van der Waals surface area contributed by atoms with Crippen molar-refractivity contribution in [2.24, 2.45) is 0 Å². The van der Waals surface area contributed by atoms with Crippen LogP contribution in [0.4, 0.5) is 0 Å². The molecular formula is C24H30I5O4S2V2. The zero-order chi connectivity index (χ0) is 27.7. The zero-order valence-corrected chi connectivity index (χ0v) is 35.6. The molecule has 0 aromatic heterocycles. The minimum absolute atomic E-state index is 0.0542. The first-order chi connectivity index (χ1) is 17.7. The molecule has 0 heterocycles. The van der Waals surface area contributed by atoms with Crippen molar-refractivity contribution < 1.29 is 32.9 Å². The molecule has 207 valence electrons. The van der Waals surface area contributed by atoms with Gasteiger partial charge >= 0.3 is 114 Å². The molecule has 2 aromatic carbocycles. The number of ether oxygens (including phenoxy) is 2. The number of thioether (sulfide) groups is 1.